The zero-order chi connectivity index (χ0) is 19.4. The molecule has 1 aromatic heterocycles. The second-order valence-corrected chi connectivity index (χ2v) is 6.97. The Morgan fingerprint density at radius 3 is 2.74 bits per heavy atom. The number of aromatic nitrogens is 1. The van der Waals surface area contributed by atoms with E-state index in [1.54, 1.807) is 7.11 Å². The predicted octanol–water partition coefficient (Wildman–Crippen LogP) is 5.76. The summed E-state index contributed by atoms with van der Waals surface area (Å²) in [7, 11) is 1.59. The summed E-state index contributed by atoms with van der Waals surface area (Å²) in [4.78, 5) is 16.8. The Morgan fingerprint density at radius 1 is 1.22 bits per heavy atom. The van der Waals surface area contributed by atoms with E-state index < -0.39 is 0 Å². The molecule has 2 aromatic carbocycles. The molecule has 0 atom stereocenters. The molecule has 0 fully saturated rings. The van der Waals surface area contributed by atoms with E-state index in [-0.39, 0.29) is 5.91 Å². The number of amides is 1. The van der Waals surface area contributed by atoms with Crippen LogP contribution in [-0.4, -0.2) is 18.0 Å². The van der Waals surface area contributed by atoms with Gasteiger partial charge >= 0.3 is 0 Å². The first kappa shape index (κ1) is 19.0. The van der Waals surface area contributed by atoms with Crippen molar-refractivity contribution in [2.75, 3.05) is 12.4 Å². The minimum atomic E-state index is -0.0218. The van der Waals surface area contributed by atoms with Gasteiger partial charge in [0, 0.05) is 12.0 Å². The van der Waals surface area contributed by atoms with Crippen molar-refractivity contribution in [2.24, 2.45) is 0 Å². The van der Waals surface area contributed by atoms with Gasteiger partial charge < -0.3 is 14.5 Å². The largest absolute Gasteiger partial charge is 0.495 e. The monoisotopic (exact) mass is 366 g/mol. The van der Waals surface area contributed by atoms with Crippen LogP contribution in [-0.2, 0) is 4.79 Å². The number of hydrogen-bond acceptors (Lipinski definition) is 4. The summed E-state index contributed by atoms with van der Waals surface area (Å²) < 4.78 is 11.3. The molecule has 0 aliphatic heterocycles. The smallest absolute Gasteiger partial charge is 0.227 e. The van der Waals surface area contributed by atoms with Crippen molar-refractivity contribution >= 4 is 22.7 Å². The van der Waals surface area contributed by atoms with Gasteiger partial charge in [-0.1, -0.05) is 33.3 Å². The van der Waals surface area contributed by atoms with Crippen molar-refractivity contribution in [1.82, 2.24) is 4.98 Å². The third kappa shape index (κ3) is 4.30. The van der Waals surface area contributed by atoms with Gasteiger partial charge in [-0.3, -0.25) is 4.79 Å². The lowest BCUT2D eigenvalue weighted by Gasteiger charge is -2.11. The quantitative estimate of drug-likeness (QED) is 0.578. The number of nitrogens with one attached hydrogen (secondary N) is 1. The van der Waals surface area contributed by atoms with Crippen molar-refractivity contribution < 1.29 is 13.9 Å². The zero-order valence-corrected chi connectivity index (χ0v) is 16.3. The number of benzene rings is 2. The fourth-order valence-electron chi connectivity index (χ4n) is 2.92. The Bertz CT molecular complexity index is 944. The lowest BCUT2D eigenvalue weighted by molar-refractivity contribution is -0.116. The Balaban J connectivity index is 1.93. The van der Waals surface area contributed by atoms with Crippen LogP contribution in [0.15, 0.2) is 40.8 Å². The number of hydrogen-bond donors (Lipinski definition) is 1. The van der Waals surface area contributed by atoms with Gasteiger partial charge in [0.05, 0.1) is 12.8 Å². The molecular formula is C22H26N2O3. The van der Waals surface area contributed by atoms with E-state index in [0.717, 1.165) is 29.5 Å². The number of carbonyl (C=O) groups is 1. The molecule has 0 radical (unpaired) electrons. The number of fused-ring (bicyclic) bond motifs is 1. The second kappa shape index (κ2) is 8.25. The van der Waals surface area contributed by atoms with Gasteiger partial charge in [0.25, 0.3) is 0 Å². The summed E-state index contributed by atoms with van der Waals surface area (Å²) in [5, 5.41) is 2.93. The van der Waals surface area contributed by atoms with Crippen molar-refractivity contribution in [3.8, 4) is 17.2 Å². The summed E-state index contributed by atoms with van der Waals surface area (Å²) >= 11 is 0. The van der Waals surface area contributed by atoms with Crippen molar-refractivity contribution in [2.45, 2.75) is 46.0 Å². The highest BCUT2D eigenvalue weighted by atomic mass is 16.5. The molecule has 1 N–H and O–H groups in total. The minimum absolute atomic E-state index is 0.0218. The Morgan fingerprint density at radius 2 is 2.04 bits per heavy atom. The van der Waals surface area contributed by atoms with Crippen LogP contribution in [0.3, 0.4) is 0 Å². The van der Waals surface area contributed by atoms with Gasteiger partial charge in [0.15, 0.2) is 5.58 Å². The molecule has 1 amide bonds. The highest BCUT2D eigenvalue weighted by molar-refractivity contribution is 5.93. The van der Waals surface area contributed by atoms with Gasteiger partial charge in [-0.25, -0.2) is 4.98 Å². The van der Waals surface area contributed by atoms with E-state index in [1.807, 2.05) is 24.3 Å². The number of unbranched alkanes of at least 4 members (excludes halogenated alkanes) is 1. The van der Waals surface area contributed by atoms with E-state index in [9.17, 15) is 4.79 Å². The van der Waals surface area contributed by atoms with E-state index in [4.69, 9.17) is 9.15 Å². The van der Waals surface area contributed by atoms with E-state index >= 15 is 0 Å². The Labute approximate surface area is 159 Å². The summed E-state index contributed by atoms with van der Waals surface area (Å²) in [6.07, 6.45) is 2.33. The van der Waals surface area contributed by atoms with Crippen LogP contribution >= 0.6 is 0 Å². The molecule has 5 heteroatoms. The van der Waals surface area contributed by atoms with Crippen LogP contribution in [0.5, 0.6) is 5.75 Å². The third-order valence-corrected chi connectivity index (χ3v) is 4.56. The number of oxazole rings is 1. The molecule has 0 aliphatic rings. The Kier molecular flexibility index (Phi) is 5.79. The average molecular weight is 366 g/mol. The fourth-order valence-corrected chi connectivity index (χ4v) is 2.92. The molecule has 3 rings (SSSR count). The first-order valence-electron chi connectivity index (χ1n) is 9.40. The topological polar surface area (TPSA) is 64.4 Å². The zero-order valence-electron chi connectivity index (χ0n) is 16.3. The van der Waals surface area contributed by atoms with E-state index in [1.165, 1.54) is 5.56 Å². The summed E-state index contributed by atoms with van der Waals surface area (Å²) in [6, 6.07) is 11.6. The maximum absolute atomic E-state index is 12.1. The van der Waals surface area contributed by atoms with Crippen LogP contribution in [0.1, 0.15) is 51.5 Å². The molecule has 0 saturated carbocycles. The van der Waals surface area contributed by atoms with Gasteiger partial charge in [0.2, 0.25) is 11.8 Å². The molecule has 0 unspecified atom stereocenters. The van der Waals surface area contributed by atoms with Gasteiger partial charge in [-0.05, 0) is 48.2 Å². The average Bonchev–Trinajstić information content (AvgIpc) is 3.09. The van der Waals surface area contributed by atoms with Crippen LogP contribution in [0.25, 0.3) is 22.6 Å². The number of anilines is 1. The first-order valence-corrected chi connectivity index (χ1v) is 9.40. The predicted molar refractivity (Wildman–Crippen MR) is 108 cm³/mol. The highest BCUT2D eigenvalue weighted by Crippen LogP contribution is 2.32. The lowest BCUT2D eigenvalue weighted by Crippen LogP contribution is -2.11. The molecule has 5 nitrogen and oxygen atoms in total. The number of ether oxygens (including phenoxy) is 1. The van der Waals surface area contributed by atoms with Crippen LogP contribution in [0.4, 0.5) is 5.69 Å². The number of carbonyl (C=O) groups excluding carboxylic acids is 1. The molecular weight excluding hydrogens is 340 g/mol. The van der Waals surface area contributed by atoms with Gasteiger partial charge in [0.1, 0.15) is 11.3 Å². The molecule has 0 bridgehead atoms. The molecule has 142 valence electrons. The Hall–Kier alpha value is -2.82. The van der Waals surface area contributed by atoms with E-state index in [0.29, 0.717) is 29.7 Å². The number of nitrogens with zero attached hydrogens (tertiary/aromatic N) is 1. The standard InChI is InChI=1S/C22H26N2O3/c1-5-6-7-21(25)23-17-13-16(9-10-19(17)26-4)22-24-18-12-15(14(2)3)8-11-20(18)27-22/h8-14H,5-7H2,1-4H3,(H,23,25). The number of methoxy groups -OCH3 is 1. The van der Waals surface area contributed by atoms with E-state index in [2.05, 4.69) is 43.2 Å². The van der Waals surface area contributed by atoms with Crippen molar-refractivity contribution in [1.29, 1.82) is 0 Å². The van der Waals surface area contributed by atoms with Crippen LogP contribution < -0.4 is 10.1 Å². The third-order valence-electron chi connectivity index (χ3n) is 4.56. The second-order valence-electron chi connectivity index (χ2n) is 6.97. The fraction of sp³-hybridized carbons (Fsp3) is 0.364. The van der Waals surface area contributed by atoms with Crippen molar-refractivity contribution in [3.05, 3.63) is 42.0 Å². The minimum Gasteiger partial charge on any atom is -0.495 e. The van der Waals surface area contributed by atoms with Gasteiger partial charge in [-0.2, -0.15) is 0 Å². The highest BCUT2D eigenvalue weighted by Gasteiger charge is 2.14. The summed E-state index contributed by atoms with van der Waals surface area (Å²) in [6.45, 7) is 6.37. The molecule has 0 spiro atoms. The SMILES string of the molecule is CCCCC(=O)Nc1cc(-c2nc3cc(C(C)C)ccc3o2)ccc1OC. The molecule has 1 heterocycles. The van der Waals surface area contributed by atoms with Crippen LogP contribution in [0.2, 0.25) is 0 Å². The molecule has 0 saturated heterocycles. The molecule has 0 aliphatic carbocycles. The van der Waals surface area contributed by atoms with Gasteiger partial charge in [-0.15, -0.1) is 0 Å². The maximum Gasteiger partial charge on any atom is 0.227 e. The first-order chi connectivity index (χ1) is 13.0. The molecule has 27 heavy (non-hydrogen) atoms. The van der Waals surface area contributed by atoms with Crippen LogP contribution in [0, 0.1) is 0 Å². The lowest BCUT2D eigenvalue weighted by atomic mass is 10.0. The molecule has 3 aromatic rings. The summed E-state index contributed by atoms with van der Waals surface area (Å²) in [5.41, 5.74) is 4.23. The maximum atomic E-state index is 12.1. The summed E-state index contributed by atoms with van der Waals surface area (Å²) in [5.74, 6) is 1.55. The normalized spacial score (nSPS) is 11.1. The number of rotatable bonds is 7. The van der Waals surface area contributed by atoms with Crippen molar-refractivity contribution in [3.63, 3.8) is 0 Å².